The summed E-state index contributed by atoms with van der Waals surface area (Å²) in [5.74, 6) is 0. The standard InChI is InChI=1S/C14H18N2O2/c17-14(18-10-11-4-2-1-3-5-11)16-7-6-12-8-13(16)9-15-12/h1-5,12-13,15H,6-10H2. The fraction of sp³-hybridized carbons (Fsp3) is 0.500. The van der Waals surface area contributed by atoms with E-state index in [1.54, 1.807) is 0 Å². The van der Waals surface area contributed by atoms with Crippen LogP contribution in [0.4, 0.5) is 4.79 Å². The molecule has 3 rings (SSSR count). The number of piperidine rings is 1. The van der Waals surface area contributed by atoms with Crippen LogP contribution >= 0.6 is 0 Å². The quantitative estimate of drug-likeness (QED) is 0.864. The minimum atomic E-state index is -0.175. The minimum Gasteiger partial charge on any atom is -0.445 e. The fourth-order valence-electron chi connectivity index (χ4n) is 2.78. The molecule has 2 bridgehead atoms. The fourth-order valence-corrected chi connectivity index (χ4v) is 2.78. The molecule has 2 aliphatic rings. The number of nitrogens with zero attached hydrogens (tertiary/aromatic N) is 1. The second-order valence-corrected chi connectivity index (χ2v) is 5.02. The molecular weight excluding hydrogens is 228 g/mol. The van der Waals surface area contributed by atoms with E-state index in [0.29, 0.717) is 18.7 Å². The second kappa shape index (κ2) is 4.98. The molecule has 0 saturated carbocycles. The van der Waals surface area contributed by atoms with Crippen LogP contribution in [0, 0.1) is 0 Å². The SMILES string of the molecule is O=C(OCc1ccccc1)N1CCC2CC1CN2. The van der Waals surface area contributed by atoms with Gasteiger partial charge in [-0.25, -0.2) is 4.79 Å². The van der Waals surface area contributed by atoms with Crippen LogP contribution in [-0.2, 0) is 11.3 Å². The number of benzene rings is 1. The summed E-state index contributed by atoms with van der Waals surface area (Å²) in [6.07, 6.45) is 1.93. The summed E-state index contributed by atoms with van der Waals surface area (Å²) in [6, 6.07) is 10.7. The Balaban J connectivity index is 1.55. The normalized spacial score (nSPS) is 26.1. The summed E-state index contributed by atoms with van der Waals surface area (Å²) in [7, 11) is 0. The van der Waals surface area contributed by atoms with Gasteiger partial charge in [0.25, 0.3) is 0 Å². The average Bonchev–Trinajstić information content (AvgIpc) is 2.79. The van der Waals surface area contributed by atoms with Crippen molar-refractivity contribution in [2.45, 2.75) is 31.5 Å². The van der Waals surface area contributed by atoms with E-state index >= 15 is 0 Å². The number of nitrogens with one attached hydrogen (secondary N) is 1. The molecule has 4 heteroatoms. The summed E-state index contributed by atoms with van der Waals surface area (Å²) in [4.78, 5) is 13.9. The predicted molar refractivity (Wildman–Crippen MR) is 68.1 cm³/mol. The summed E-state index contributed by atoms with van der Waals surface area (Å²) < 4.78 is 5.38. The van der Waals surface area contributed by atoms with Gasteiger partial charge in [0.05, 0.1) is 0 Å². The molecule has 2 saturated heterocycles. The van der Waals surface area contributed by atoms with Crippen molar-refractivity contribution in [3.8, 4) is 0 Å². The van der Waals surface area contributed by atoms with E-state index in [4.69, 9.17) is 4.74 Å². The van der Waals surface area contributed by atoms with Gasteiger partial charge in [-0.05, 0) is 18.4 Å². The Kier molecular flexibility index (Phi) is 3.19. The van der Waals surface area contributed by atoms with Crippen molar-refractivity contribution >= 4 is 6.09 Å². The molecule has 4 nitrogen and oxygen atoms in total. The number of fused-ring (bicyclic) bond motifs is 2. The summed E-state index contributed by atoms with van der Waals surface area (Å²) in [5, 5.41) is 3.43. The molecule has 18 heavy (non-hydrogen) atoms. The van der Waals surface area contributed by atoms with Gasteiger partial charge in [0.1, 0.15) is 6.61 Å². The van der Waals surface area contributed by atoms with Crippen molar-refractivity contribution in [2.75, 3.05) is 13.1 Å². The molecule has 1 N–H and O–H groups in total. The Labute approximate surface area is 107 Å². The number of amides is 1. The monoisotopic (exact) mass is 246 g/mol. The average molecular weight is 246 g/mol. The Hall–Kier alpha value is -1.55. The predicted octanol–water partition coefficient (Wildman–Crippen LogP) is 1.76. The summed E-state index contributed by atoms with van der Waals surface area (Å²) in [6.45, 7) is 2.08. The Morgan fingerprint density at radius 3 is 3.06 bits per heavy atom. The van der Waals surface area contributed by atoms with Crippen molar-refractivity contribution < 1.29 is 9.53 Å². The number of ether oxygens (including phenoxy) is 1. The lowest BCUT2D eigenvalue weighted by molar-refractivity contribution is 0.0764. The lowest BCUT2D eigenvalue weighted by atomic mass is 10.0. The minimum absolute atomic E-state index is 0.175. The van der Waals surface area contributed by atoms with E-state index in [9.17, 15) is 4.79 Å². The Morgan fingerprint density at radius 1 is 1.39 bits per heavy atom. The molecule has 2 aliphatic heterocycles. The number of carbonyl (C=O) groups is 1. The molecule has 96 valence electrons. The number of rotatable bonds is 2. The molecule has 0 spiro atoms. The van der Waals surface area contributed by atoms with Crippen molar-refractivity contribution in [3.63, 3.8) is 0 Å². The van der Waals surface area contributed by atoms with Crippen LogP contribution in [0.25, 0.3) is 0 Å². The van der Waals surface area contributed by atoms with Gasteiger partial charge in [-0.1, -0.05) is 30.3 Å². The van der Waals surface area contributed by atoms with Gasteiger partial charge in [-0.3, -0.25) is 0 Å². The molecule has 0 aliphatic carbocycles. The maximum absolute atomic E-state index is 12.0. The molecule has 0 aromatic heterocycles. The van der Waals surface area contributed by atoms with Crippen LogP contribution in [0.3, 0.4) is 0 Å². The third kappa shape index (κ3) is 2.34. The molecule has 1 amide bonds. The lowest BCUT2D eigenvalue weighted by Gasteiger charge is -2.31. The van der Waals surface area contributed by atoms with Gasteiger partial charge < -0.3 is 15.0 Å². The van der Waals surface area contributed by atoms with E-state index in [2.05, 4.69) is 5.32 Å². The van der Waals surface area contributed by atoms with E-state index < -0.39 is 0 Å². The van der Waals surface area contributed by atoms with Crippen LogP contribution in [0.1, 0.15) is 18.4 Å². The van der Waals surface area contributed by atoms with E-state index in [-0.39, 0.29) is 6.09 Å². The van der Waals surface area contributed by atoms with Crippen molar-refractivity contribution in [3.05, 3.63) is 35.9 Å². The van der Waals surface area contributed by atoms with E-state index in [1.807, 2.05) is 35.2 Å². The smallest absolute Gasteiger partial charge is 0.410 e. The van der Waals surface area contributed by atoms with Gasteiger partial charge in [-0.15, -0.1) is 0 Å². The highest BCUT2D eigenvalue weighted by Gasteiger charge is 2.36. The van der Waals surface area contributed by atoms with Crippen LogP contribution in [0.15, 0.2) is 30.3 Å². The van der Waals surface area contributed by atoms with E-state index in [0.717, 1.165) is 31.5 Å². The maximum Gasteiger partial charge on any atom is 0.410 e. The van der Waals surface area contributed by atoms with Crippen LogP contribution in [0.2, 0.25) is 0 Å². The highest BCUT2D eigenvalue weighted by atomic mass is 16.6. The number of likely N-dealkylation sites (tertiary alicyclic amines) is 1. The molecule has 0 radical (unpaired) electrons. The first-order valence-corrected chi connectivity index (χ1v) is 6.53. The van der Waals surface area contributed by atoms with Crippen molar-refractivity contribution in [1.29, 1.82) is 0 Å². The van der Waals surface area contributed by atoms with Gasteiger partial charge in [0.2, 0.25) is 0 Å². The Bertz CT molecular complexity index is 421. The molecule has 1 aromatic rings. The first-order chi connectivity index (χ1) is 8.83. The first-order valence-electron chi connectivity index (χ1n) is 6.53. The molecule has 2 heterocycles. The molecule has 2 unspecified atom stereocenters. The van der Waals surface area contributed by atoms with Crippen LogP contribution < -0.4 is 5.32 Å². The van der Waals surface area contributed by atoms with Crippen molar-refractivity contribution in [1.82, 2.24) is 10.2 Å². The largest absolute Gasteiger partial charge is 0.445 e. The highest BCUT2D eigenvalue weighted by Crippen LogP contribution is 2.23. The zero-order valence-corrected chi connectivity index (χ0v) is 10.3. The molecule has 1 aromatic carbocycles. The molecule has 2 fully saturated rings. The summed E-state index contributed by atoms with van der Waals surface area (Å²) >= 11 is 0. The number of hydrogen-bond donors (Lipinski definition) is 1. The van der Waals surface area contributed by atoms with Gasteiger partial charge in [-0.2, -0.15) is 0 Å². The van der Waals surface area contributed by atoms with E-state index in [1.165, 1.54) is 0 Å². The van der Waals surface area contributed by atoms with Gasteiger partial charge in [0, 0.05) is 25.2 Å². The zero-order valence-electron chi connectivity index (χ0n) is 10.3. The van der Waals surface area contributed by atoms with Gasteiger partial charge >= 0.3 is 6.09 Å². The van der Waals surface area contributed by atoms with Crippen LogP contribution in [0.5, 0.6) is 0 Å². The number of hydrogen-bond acceptors (Lipinski definition) is 3. The van der Waals surface area contributed by atoms with Crippen molar-refractivity contribution in [2.24, 2.45) is 0 Å². The second-order valence-electron chi connectivity index (χ2n) is 5.02. The topological polar surface area (TPSA) is 41.6 Å². The zero-order chi connectivity index (χ0) is 12.4. The van der Waals surface area contributed by atoms with Gasteiger partial charge in [0.15, 0.2) is 0 Å². The lowest BCUT2D eigenvalue weighted by Crippen LogP contribution is -2.44. The van der Waals surface area contributed by atoms with Crippen LogP contribution in [-0.4, -0.2) is 36.2 Å². The molecular formula is C14H18N2O2. The Morgan fingerprint density at radius 2 is 2.22 bits per heavy atom. The molecule has 2 atom stereocenters. The maximum atomic E-state index is 12.0. The first kappa shape index (κ1) is 11.5. The summed E-state index contributed by atoms with van der Waals surface area (Å²) in [5.41, 5.74) is 1.03. The third-order valence-corrected chi connectivity index (χ3v) is 3.80. The highest BCUT2D eigenvalue weighted by molar-refractivity contribution is 5.68. The number of carbonyl (C=O) groups excluding carboxylic acids is 1. The third-order valence-electron chi connectivity index (χ3n) is 3.80.